The van der Waals surface area contributed by atoms with Crippen molar-refractivity contribution in [2.45, 2.75) is 38.8 Å². The lowest BCUT2D eigenvalue weighted by Gasteiger charge is -2.24. The molecule has 0 aromatic heterocycles. The number of methoxy groups -OCH3 is 1. The minimum atomic E-state index is -0.683. The normalized spacial score (nSPS) is 11.9. The standard InChI is InChI=1S/C18H28N4O3S2/c1-18(2,3)20-17(26)22-21-16(24)14(10-11-27-5)19-15(23)12-6-8-13(25-4)9-7-12/h6-9,14H,10-11H2,1-5H3,(H,19,23)(H,21,24)(H2,20,22,26)/t14-/m0/s1. The van der Waals surface area contributed by atoms with Crippen LogP contribution in [0, 0.1) is 0 Å². The molecular weight excluding hydrogens is 384 g/mol. The molecule has 1 atom stereocenters. The number of hydrogen-bond acceptors (Lipinski definition) is 5. The fraction of sp³-hybridized carbons (Fsp3) is 0.500. The summed E-state index contributed by atoms with van der Waals surface area (Å²) in [5, 5.41) is 6.11. The summed E-state index contributed by atoms with van der Waals surface area (Å²) in [4.78, 5) is 24.9. The number of hydrazine groups is 1. The minimum Gasteiger partial charge on any atom is -0.497 e. The largest absolute Gasteiger partial charge is 0.497 e. The van der Waals surface area contributed by atoms with Gasteiger partial charge in [-0.15, -0.1) is 0 Å². The van der Waals surface area contributed by atoms with Crippen LogP contribution in [-0.4, -0.2) is 47.6 Å². The van der Waals surface area contributed by atoms with Gasteiger partial charge in [0, 0.05) is 11.1 Å². The number of carbonyl (C=O) groups is 2. The monoisotopic (exact) mass is 412 g/mol. The third-order valence-electron chi connectivity index (χ3n) is 3.37. The number of carbonyl (C=O) groups excluding carboxylic acids is 2. The molecule has 0 unspecified atom stereocenters. The van der Waals surface area contributed by atoms with Gasteiger partial charge >= 0.3 is 0 Å². The van der Waals surface area contributed by atoms with Gasteiger partial charge in [-0.1, -0.05) is 0 Å². The molecule has 0 aliphatic heterocycles. The van der Waals surface area contributed by atoms with Gasteiger partial charge in [0.05, 0.1) is 7.11 Å². The molecule has 0 saturated heterocycles. The Kier molecular flexibility index (Phi) is 9.37. The van der Waals surface area contributed by atoms with Gasteiger partial charge in [-0.3, -0.25) is 20.4 Å². The summed E-state index contributed by atoms with van der Waals surface area (Å²) in [6.45, 7) is 5.87. The van der Waals surface area contributed by atoms with Gasteiger partial charge in [-0.05, 0) is 75.7 Å². The zero-order valence-electron chi connectivity index (χ0n) is 16.3. The van der Waals surface area contributed by atoms with Crippen LogP contribution in [0.3, 0.4) is 0 Å². The van der Waals surface area contributed by atoms with Gasteiger partial charge in [0.2, 0.25) is 0 Å². The predicted molar refractivity (Wildman–Crippen MR) is 114 cm³/mol. The average molecular weight is 413 g/mol. The molecule has 150 valence electrons. The summed E-state index contributed by atoms with van der Waals surface area (Å²) in [5.74, 6) is 0.705. The van der Waals surface area contributed by atoms with E-state index in [1.165, 1.54) is 0 Å². The number of hydrogen-bond donors (Lipinski definition) is 4. The van der Waals surface area contributed by atoms with Crippen LogP contribution in [0.15, 0.2) is 24.3 Å². The van der Waals surface area contributed by atoms with Crippen LogP contribution < -0.4 is 26.2 Å². The fourth-order valence-corrected chi connectivity index (χ4v) is 2.89. The molecule has 4 N–H and O–H groups in total. The molecule has 1 aromatic carbocycles. The number of ether oxygens (including phenoxy) is 1. The van der Waals surface area contributed by atoms with Crippen molar-refractivity contribution < 1.29 is 14.3 Å². The second-order valence-corrected chi connectivity index (χ2v) is 8.25. The summed E-state index contributed by atoms with van der Waals surface area (Å²) in [6, 6.07) is 6.02. The van der Waals surface area contributed by atoms with E-state index in [-0.39, 0.29) is 17.4 Å². The number of amides is 2. The van der Waals surface area contributed by atoms with E-state index in [0.717, 1.165) is 5.75 Å². The van der Waals surface area contributed by atoms with E-state index in [9.17, 15) is 9.59 Å². The number of nitrogens with one attached hydrogen (secondary N) is 4. The number of thioether (sulfide) groups is 1. The molecule has 0 fully saturated rings. The first-order valence-electron chi connectivity index (χ1n) is 8.48. The summed E-state index contributed by atoms with van der Waals surface area (Å²) in [6.07, 6.45) is 2.44. The Balaban J connectivity index is 2.68. The van der Waals surface area contributed by atoms with Crippen molar-refractivity contribution in [3.8, 4) is 5.75 Å². The molecule has 0 bridgehead atoms. The maximum Gasteiger partial charge on any atom is 0.260 e. The van der Waals surface area contributed by atoms with Crippen molar-refractivity contribution in [3.63, 3.8) is 0 Å². The third kappa shape index (κ3) is 8.96. The number of benzene rings is 1. The molecular formula is C18H28N4O3S2. The van der Waals surface area contributed by atoms with Crippen LogP contribution in [-0.2, 0) is 4.79 Å². The Morgan fingerprint density at radius 1 is 1.19 bits per heavy atom. The van der Waals surface area contributed by atoms with Gasteiger partial charge in [0.1, 0.15) is 11.8 Å². The molecule has 0 spiro atoms. The fourth-order valence-electron chi connectivity index (χ4n) is 2.07. The lowest BCUT2D eigenvalue weighted by molar-refractivity contribution is -0.123. The van der Waals surface area contributed by atoms with Gasteiger partial charge in [-0.2, -0.15) is 11.8 Å². The van der Waals surface area contributed by atoms with Crippen molar-refractivity contribution >= 4 is 40.9 Å². The maximum atomic E-state index is 12.5. The molecule has 0 radical (unpaired) electrons. The lowest BCUT2D eigenvalue weighted by atomic mass is 10.1. The predicted octanol–water partition coefficient (Wildman–Crippen LogP) is 1.84. The maximum absolute atomic E-state index is 12.5. The summed E-state index contributed by atoms with van der Waals surface area (Å²) < 4.78 is 5.09. The highest BCUT2D eigenvalue weighted by molar-refractivity contribution is 7.98. The zero-order valence-corrected chi connectivity index (χ0v) is 18.0. The van der Waals surface area contributed by atoms with E-state index in [2.05, 4.69) is 21.5 Å². The first-order chi connectivity index (χ1) is 12.7. The van der Waals surface area contributed by atoms with Gasteiger partial charge in [-0.25, -0.2) is 0 Å². The SMILES string of the molecule is COc1ccc(C(=O)N[C@@H](CCSC)C(=O)NNC(=S)NC(C)(C)C)cc1. The Morgan fingerprint density at radius 2 is 1.81 bits per heavy atom. The van der Waals surface area contributed by atoms with Crippen LogP contribution in [0.25, 0.3) is 0 Å². The van der Waals surface area contributed by atoms with Crippen molar-refractivity contribution in [2.24, 2.45) is 0 Å². The van der Waals surface area contributed by atoms with Crippen LogP contribution >= 0.6 is 24.0 Å². The topological polar surface area (TPSA) is 91.5 Å². The van der Waals surface area contributed by atoms with Crippen LogP contribution in [0.2, 0.25) is 0 Å². The van der Waals surface area contributed by atoms with Crippen molar-refractivity contribution in [2.75, 3.05) is 19.1 Å². The van der Waals surface area contributed by atoms with E-state index in [1.807, 2.05) is 27.0 Å². The highest BCUT2D eigenvalue weighted by Gasteiger charge is 2.21. The quantitative estimate of drug-likeness (QED) is 0.401. The van der Waals surface area contributed by atoms with Crippen LogP contribution in [0.1, 0.15) is 37.6 Å². The zero-order chi connectivity index (χ0) is 20.4. The van der Waals surface area contributed by atoms with Gasteiger partial charge < -0.3 is 15.4 Å². The summed E-state index contributed by atoms with van der Waals surface area (Å²) in [5.41, 5.74) is 5.45. The minimum absolute atomic E-state index is 0.227. The Labute approximate surface area is 170 Å². The first-order valence-corrected chi connectivity index (χ1v) is 10.3. The molecule has 1 rings (SSSR count). The number of rotatable bonds is 7. The van der Waals surface area contributed by atoms with E-state index in [4.69, 9.17) is 17.0 Å². The summed E-state index contributed by atoms with van der Waals surface area (Å²) >= 11 is 6.74. The summed E-state index contributed by atoms with van der Waals surface area (Å²) in [7, 11) is 1.56. The van der Waals surface area contributed by atoms with E-state index in [1.54, 1.807) is 43.1 Å². The second kappa shape index (κ2) is 11.0. The molecule has 7 nitrogen and oxygen atoms in total. The van der Waals surface area contributed by atoms with E-state index in [0.29, 0.717) is 22.8 Å². The Hall–Kier alpha value is -2.00. The van der Waals surface area contributed by atoms with E-state index >= 15 is 0 Å². The third-order valence-corrected chi connectivity index (χ3v) is 4.22. The lowest BCUT2D eigenvalue weighted by Crippen LogP contribution is -2.56. The highest BCUT2D eigenvalue weighted by atomic mass is 32.2. The molecule has 1 aromatic rings. The smallest absolute Gasteiger partial charge is 0.260 e. The second-order valence-electron chi connectivity index (χ2n) is 6.85. The molecule has 0 heterocycles. The average Bonchev–Trinajstić information content (AvgIpc) is 2.61. The molecule has 2 amide bonds. The first kappa shape index (κ1) is 23.0. The van der Waals surface area contributed by atoms with Crippen molar-refractivity contribution in [1.29, 1.82) is 0 Å². The van der Waals surface area contributed by atoms with Crippen molar-refractivity contribution in [1.82, 2.24) is 21.5 Å². The molecule has 0 aliphatic carbocycles. The molecule has 0 saturated carbocycles. The Bertz CT molecular complexity index is 645. The molecule has 9 heteroatoms. The van der Waals surface area contributed by atoms with Crippen LogP contribution in [0.4, 0.5) is 0 Å². The molecule has 27 heavy (non-hydrogen) atoms. The van der Waals surface area contributed by atoms with Gasteiger partial charge in [0.25, 0.3) is 11.8 Å². The van der Waals surface area contributed by atoms with Gasteiger partial charge in [0.15, 0.2) is 5.11 Å². The molecule has 0 aliphatic rings. The highest BCUT2D eigenvalue weighted by Crippen LogP contribution is 2.11. The van der Waals surface area contributed by atoms with E-state index < -0.39 is 6.04 Å². The van der Waals surface area contributed by atoms with Crippen LogP contribution in [0.5, 0.6) is 5.75 Å². The Morgan fingerprint density at radius 3 is 2.33 bits per heavy atom. The number of thiocarbonyl (C=S) groups is 1. The van der Waals surface area contributed by atoms with Crippen molar-refractivity contribution in [3.05, 3.63) is 29.8 Å².